The molecule has 92 valence electrons. The van der Waals surface area contributed by atoms with Gasteiger partial charge < -0.3 is 15.4 Å². The smallest absolute Gasteiger partial charge is 0.227 e. The zero-order chi connectivity index (χ0) is 11.5. The predicted molar refractivity (Wildman–Crippen MR) is 59.7 cm³/mol. The number of likely N-dealkylation sites (tertiary alicyclic amines) is 1. The van der Waals surface area contributed by atoms with Crippen LogP contribution in [0.25, 0.3) is 0 Å². The number of piperidine rings is 1. The summed E-state index contributed by atoms with van der Waals surface area (Å²) in [5.41, 5.74) is 4.09. The molecule has 0 bridgehead atoms. The molecule has 2 aliphatic heterocycles. The molecule has 5 nitrogen and oxygen atoms in total. The van der Waals surface area contributed by atoms with Gasteiger partial charge in [-0.3, -0.25) is 9.69 Å². The molecule has 3 N–H and O–H groups in total. The van der Waals surface area contributed by atoms with E-state index in [1.165, 1.54) is 0 Å². The van der Waals surface area contributed by atoms with Crippen molar-refractivity contribution in [3.63, 3.8) is 0 Å². The first-order valence-electron chi connectivity index (χ1n) is 6.05. The summed E-state index contributed by atoms with van der Waals surface area (Å²) in [4.78, 5) is 16.4. The zero-order valence-corrected chi connectivity index (χ0v) is 10.0. The van der Waals surface area contributed by atoms with Crippen LogP contribution in [-0.4, -0.2) is 68.2 Å². The lowest BCUT2D eigenvalue weighted by molar-refractivity contribution is -0.428. The number of carbonyl (C=O) groups excluding carboxylic acids is 1. The number of nitrogens with zero attached hydrogens (tertiary/aromatic N) is 2. The van der Waals surface area contributed by atoms with Crippen LogP contribution in [0.15, 0.2) is 0 Å². The van der Waals surface area contributed by atoms with Gasteiger partial charge in [-0.2, -0.15) is 0 Å². The Morgan fingerprint density at radius 2 is 2.00 bits per heavy atom. The number of likely N-dealkylation sites (N-methyl/N-ethyl adjacent to an activating group) is 1. The molecule has 0 aromatic rings. The molecule has 2 aliphatic rings. The van der Waals surface area contributed by atoms with E-state index < -0.39 is 0 Å². The number of amides is 1. The van der Waals surface area contributed by atoms with Crippen molar-refractivity contribution in [1.82, 2.24) is 9.80 Å². The number of morpholine rings is 1. The number of ether oxygens (including phenoxy) is 1. The molecule has 0 aliphatic carbocycles. The second kappa shape index (κ2) is 5.12. The van der Waals surface area contributed by atoms with E-state index in [1.54, 1.807) is 0 Å². The van der Waals surface area contributed by atoms with Crippen LogP contribution in [0.2, 0.25) is 0 Å². The van der Waals surface area contributed by atoms with Gasteiger partial charge in [0.15, 0.2) is 0 Å². The Labute approximate surface area is 96.5 Å². The Hall–Kier alpha value is -0.650. The monoisotopic (exact) mass is 228 g/mol. The van der Waals surface area contributed by atoms with Crippen molar-refractivity contribution in [2.45, 2.75) is 12.5 Å². The van der Waals surface area contributed by atoms with Gasteiger partial charge in [-0.05, 0) is 7.05 Å². The van der Waals surface area contributed by atoms with Crippen LogP contribution in [-0.2, 0) is 9.53 Å². The third-order valence-corrected chi connectivity index (χ3v) is 3.39. The first-order valence-corrected chi connectivity index (χ1v) is 6.05. The molecule has 2 heterocycles. The number of quaternary nitrogens is 1. The number of carbonyl (C=O) groups is 1. The molecular weight excluding hydrogens is 206 g/mol. The van der Waals surface area contributed by atoms with E-state index >= 15 is 0 Å². The average Bonchev–Trinajstić information content (AvgIpc) is 2.28. The molecule has 0 aromatic heterocycles. The highest BCUT2D eigenvalue weighted by atomic mass is 16.5. The first kappa shape index (κ1) is 11.8. The number of hydrogen-bond donors (Lipinski definition) is 1. The van der Waals surface area contributed by atoms with Crippen molar-refractivity contribution in [1.29, 1.82) is 0 Å². The van der Waals surface area contributed by atoms with Crippen molar-refractivity contribution in [2.24, 2.45) is 5.92 Å². The third-order valence-electron chi connectivity index (χ3n) is 3.39. The normalized spacial score (nSPS) is 32.8. The first-order chi connectivity index (χ1) is 7.66. The van der Waals surface area contributed by atoms with E-state index in [1.807, 2.05) is 4.90 Å². The van der Waals surface area contributed by atoms with E-state index in [0.717, 1.165) is 32.6 Å². The van der Waals surface area contributed by atoms with E-state index in [4.69, 9.17) is 4.74 Å². The van der Waals surface area contributed by atoms with Gasteiger partial charge in [0, 0.05) is 26.1 Å². The standard InChI is InChI=1S/C11H21N3O2/c1-13-7-9(6-10(12)8-13)11(15)14-2-4-16-5-3-14/h9-10H,2-8,12H2,1H3/p+1/t9-,10+/m1/s1. The highest BCUT2D eigenvalue weighted by molar-refractivity contribution is 5.79. The molecule has 1 amide bonds. The van der Waals surface area contributed by atoms with E-state index in [2.05, 4.69) is 17.7 Å². The van der Waals surface area contributed by atoms with Gasteiger partial charge in [0.2, 0.25) is 5.91 Å². The van der Waals surface area contributed by atoms with Crippen LogP contribution in [0.1, 0.15) is 6.42 Å². The summed E-state index contributed by atoms with van der Waals surface area (Å²) >= 11 is 0. The summed E-state index contributed by atoms with van der Waals surface area (Å²) in [5.74, 6) is 0.433. The van der Waals surface area contributed by atoms with Crippen molar-refractivity contribution in [3.05, 3.63) is 0 Å². The molecule has 0 unspecified atom stereocenters. The summed E-state index contributed by atoms with van der Waals surface area (Å²) in [7, 11) is 2.07. The van der Waals surface area contributed by atoms with Crippen LogP contribution in [0.3, 0.4) is 0 Å². The molecule has 2 saturated heterocycles. The molecule has 0 spiro atoms. The fraction of sp³-hybridized carbons (Fsp3) is 0.909. The van der Waals surface area contributed by atoms with Gasteiger partial charge in [-0.15, -0.1) is 0 Å². The van der Waals surface area contributed by atoms with Crippen LogP contribution in [0.4, 0.5) is 0 Å². The summed E-state index contributed by atoms with van der Waals surface area (Å²) < 4.78 is 5.26. The number of hydrogen-bond acceptors (Lipinski definition) is 3. The zero-order valence-electron chi connectivity index (χ0n) is 10.0. The molecule has 16 heavy (non-hydrogen) atoms. The molecule has 0 aromatic carbocycles. The van der Waals surface area contributed by atoms with Gasteiger partial charge in [0.05, 0.1) is 31.7 Å². The van der Waals surface area contributed by atoms with Gasteiger partial charge in [0.25, 0.3) is 0 Å². The third kappa shape index (κ3) is 2.72. The Bertz CT molecular complexity index is 244. The maximum Gasteiger partial charge on any atom is 0.227 e. The summed E-state index contributed by atoms with van der Waals surface area (Å²) in [6, 6.07) is 0.383. The topological polar surface area (TPSA) is 60.4 Å². The van der Waals surface area contributed by atoms with E-state index in [0.29, 0.717) is 25.2 Å². The van der Waals surface area contributed by atoms with Crippen molar-refractivity contribution in [2.75, 3.05) is 46.4 Å². The Kier molecular flexibility index (Phi) is 3.78. The second-order valence-electron chi connectivity index (χ2n) is 4.96. The molecule has 2 fully saturated rings. The van der Waals surface area contributed by atoms with Crippen molar-refractivity contribution < 1.29 is 15.3 Å². The lowest BCUT2D eigenvalue weighted by Gasteiger charge is -2.35. The highest BCUT2D eigenvalue weighted by Gasteiger charge is 2.33. The summed E-state index contributed by atoms with van der Waals surface area (Å²) in [6.07, 6.45) is 0.931. The van der Waals surface area contributed by atoms with Crippen molar-refractivity contribution >= 4 is 5.91 Å². The van der Waals surface area contributed by atoms with Crippen molar-refractivity contribution in [3.8, 4) is 0 Å². The molecule has 2 rings (SSSR count). The largest absolute Gasteiger partial charge is 0.378 e. The molecule has 2 atom stereocenters. The molecular formula is C11H22N3O2+. The minimum absolute atomic E-state index is 0.138. The maximum absolute atomic E-state index is 12.3. The quantitative estimate of drug-likeness (QED) is 0.588. The van der Waals surface area contributed by atoms with Crippen LogP contribution >= 0.6 is 0 Å². The maximum atomic E-state index is 12.3. The van der Waals surface area contributed by atoms with E-state index in [-0.39, 0.29) is 5.92 Å². The van der Waals surface area contributed by atoms with Crippen LogP contribution < -0.4 is 5.73 Å². The summed E-state index contributed by atoms with van der Waals surface area (Å²) in [6.45, 7) is 4.75. The predicted octanol–water partition coefficient (Wildman–Crippen LogP) is -1.59. The molecule has 5 heteroatoms. The second-order valence-corrected chi connectivity index (χ2v) is 4.96. The Morgan fingerprint density at radius 3 is 2.62 bits per heavy atom. The van der Waals surface area contributed by atoms with Gasteiger partial charge >= 0.3 is 0 Å². The van der Waals surface area contributed by atoms with E-state index in [9.17, 15) is 4.79 Å². The summed E-state index contributed by atoms with van der Waals surface area (Å²) in [5, 5.41) is 0. The van der Waals surface area contributed by atoms with Crippen LogP contribution in [0.5, 0.6) is 0 Å². The fourth-order valence-electron chi connectivity index (χ4n) is 2.66. The fourth-order valence-corrected chi connectivity index (χ4v) is 2.66. The minimum atomic E-state index is 0.138. The SMILES string of the molecule is CN1C[C@@H]([NH3+])C[C@@H](C(=O)N2CCOCC2)C1. The van der Waals surface area contributed by atoms with Gasteiger partial charge in [0.1, 0.15) is 0 Å². The Morgan fingerprint density at radius 1 is 1.31 bits per heavy atom. The van der Waals surface area contributed by atoms with Gasteiger partial charge in [-0.25, -0.2) is 0 Å². The molecule has 0 radical (unpaired) electrons. The van der Waals surface area contributed by atoms with Gasteiger partial charge in [-0.1, -0.05) is 0 Å². The van der Waals surface area contributed by atoms with Crippen LogP contribution in [0, 0.1) is 5.92 Å². The minimum Gasteiger partial charge on any atom is -0.378 e. The lowest BCUT2D eigenvalue weighted by atomic mass is 9.93. The highest BCUT2D eigenvalue weighted by Crippen LogP contribution is 2.17. The molecule has 0 saturated carbocycles. The lowest BCUT2D eigenvalue weighted by Crippen LogP contribution is -2.68. The Balaban J connectivity index is 1.92. The average molecular weight is 228 g/mol. The number of rotatable bonds is 1.